The fourth-order valence-electron chi connectivity index (χ4n) is 9.76. The maximum absolute atomic E-state index is 13.0. The number of esters is 4. The van der Waals surface area contributed by atoms with Crippen LogP contribution in [0.1, 0.15) is 330 Å². The number of carbonyl (C=O) groups excluding carboxylic acids is 4. The Balaban J connectivity index is 5.20. The van der Waals surface area contributed by atoms with Crippen LogP contribution in [-0.4, -0.2) is 96.7 Å². The van der Waals surface area contributed by atoms with E-state index >= 15 is 0 Å². The molecular weight excluding hydrogens is 1110 g/mol. The molecule has 0 saturated carbocycles. The molecule has 0 saturated heterocycles. The maximum atomic E-state index is 13.0. The molecule has 3 N–H and O–H groups in total. The minimum Gasteiger partial charge on any atom is -0.462 e. The summed E-state index contributed by atoms with van der Waals surface area (Å²) in [5, 5.41) is 10.5. The summed E-state index contributed by atoms with van der Waals surface area (Å²) in [7, 11) is -9.88. The van der Waals surface area contributed by atoms with Crippen molar-refractivity contribution in [3.8, 4) is 0 Å². The predicted molar refractivity (Wildman–Crippen MR) is 335 cm³/mol. The molecule has 0 aromatic carbocycles. The Morgan fingerprint density at radius 2 is 0.548 bits per heavy atom. The lowest BCUT2D eigenvalue weighted by Gasteiger charge is -2.21. The standard InChI is InChI=1S/C65H126O17P2/c1-6-9-12-15-18-21-22-23-24-25-26-27-30-35-41-46-51-65(70)82-61(55-76-63(68)49-44-39-36-31-32-37-42-47-58(4)5)57-80-84(73,74)78-53-59(66)52-77-83(71,72)79-56-60(81-64(69)50-45-40-34-29-20-17-14-11-8-3)54-75-62(67)48-43-38-33-28-19-16-13-10-7-2/h58-61,66H,6-57H2,1-5H3,(H,71,72)(H,73,74)/t59-,60+,61+/m0/s1. The van der Waals surface area contributed by atoms with Gasteiger partial charge in [0.05, 0.1) is 26.4 Å². The molecule has 0 radical (unpaired) electrons. The highest BCUT2D eigenvalue weighted by Crippen LogP contribution is 2.45. The highest BCUT2D eigenvalue weighted by atomic mass is 31.2. The van der Waals surface area contributed by atoms with Crippen molar-refractivity contribution in [3.63, 3.8) is 0 Å². The van der Waals surface area contributed by atoms with Crippen LogP contribution in [0.15, 0.2) is 0 Å². The van der Waals surface area contributed by atoms with E-state index in [0.717, 1.165) is 96.3 Å². The van der Waals surface area contributed by atoms with Crippen LogP contribution in [0.3, 0.4) is 0 Å². The molecule has 0 aliphatic carbocycles. The zero-order valence-corrected chi connectivity index (χ0v) is 55.8. The minimum absolute atomic E-state index is 0.106. The van der Waals surface area contributed by atoms with Gasteiger partial charge in [-0.1, -0.05) is 279 Å². The van der Waals surface area contributed by atoms with Crippen molar-refractivity contribution in [2.24, 2.45) is 5.92 Å². The second-order valence-corrected chi connectivity index (χ2v) is 26.9. The van der Waals surface area contributed by atoms with Crippen molar-refractivity contribution >= 4 is 39.5 Å². The number of unbranched alkanes of at least 4 members (excludes halogenated alkanes) is 37. The summed E-state index contributed by atoms with van der Waals surface area (Å²) < 4.78 is 68.0. The van der Waals surface area contributed by atoms with E-state index in [1.165, 1.54) is 148 Å². The van der Waals surface area contributed by atoms with Crippen molar-refractivity contribution in [1.29, 1.82) is 0 Å². The molecule has 0 aliphatic rings. The normalized spacial score (nSPS) is 14.2. The molecule has 0 spiro atoms. The Morgan fingerprint density at radius 1 is 0.321 bits per heavy atom. The third-order valence-corrected chi connectivity index (χ3v) is 16.9. The zero-order valence-electron chi connectivity index (χ0n) is 54.0. The number of carbonyl (C=O) groups is 4. The van der Waals surface area contributed by atoms with E-state index in [1.807, 2.05) is 0 Å². The maximum Gasteiger partial charge on any atom is 0.472 e. The molecule has 17 nitrogen and oxygen atoms in total. The van der Waals surface area contributed by atoms with E-state index in [9.17, 15) is 43.2 Å². The average molecular weight is 1240 g/mol. The van der Waals surface area contributed by atoms with Crippen LogP contribution in [0.5, 0.6) is 0 Å². The Morgan fingerprint density at radius 3 is 0.810 bits per heavy atom. The fourth-order valence-corrected chi connectivity index (χ4v) is 11.3. The molecule has 498 valence electrons. The van der Waals surface area contributed by atoms with E-state index < -0.39 is 97.5 Å². The number of ether oxygens (including phenoxy) is 4. The quantitative estimate of drug-likeness (QED) is 0.0222. The summed E-state index contributed by atoms with van der Waals surface area (Å²) >= 11 is 0. The Labute approximate surface area is 511 Å². The molecule has 0 fully saturated rings. The Bertz CT molecular complexity index is 1640. The van der Waals surface area contributed by atoms with E-state index in [1.54, 1.807) is 0 Å². The Kier molecular flexibility index (Phi) is 57.4. The summed E-state index contributed by atoms with van der Waals surface area (Å²) in [6.07, 6.45) is 43.1. The van der Waals surface area contributed by atoms with E-state index in [0.29, 0.717) is 31.6 Å². The Hall–Kier alpha value is -1.94. The molecule has 0 rings (SSSR count). The van der Waals surface area contributed by atoms with Gasteiger partial charge in [-0.25, -0.2) is 9.13 Å². The van der Waals surface area contributed by atoms with Crippen LogP contribution in [0, 0.1) is 5.92 Å². The first-order valence-electron chi connectivity index (χ1n) is 34.1. The van der Waals surface area contributed by atoms with Crippen molar-refractivity contribution in [2.75, 3.05) is 39.6 Å². The summed E-state index contributed by atoms with van der Waals surface area (Å²) in [5.41, 5.74) is 0. The molecule has 0 amide bonds. The van der Waals surface area contributed by atoms with Gasteiger partial charge < -0.3 is 33.8 Å². The second kappa shape index (κ2) is 58.7. The van der Waals surface area contributed by atoms with Gasteiger partial charge in [0.15, 0.2) is 12.2 Å². The number of hydrogen-bond acceptors (Lipinski definition) is 15. The van der Waals surface area contributed by atoms with Gasteiger partial charge in [-0.05, 0) is 31.6 Å². The molecular formula is C65H126O17P2. The van der Waals surface area contributed by atoms with Crippen molar-refractivity contribution in [1.82, 2.24) is 0 Å². The van der Waals surface area contributed by atoms with Gasteiger partial charge in [-0.2, -0.15) is 0 Å². The molecule has 5 atom stereocenters. The van der Waals surface area contributed by atoms with Crippen LogP contribution >= 0.6 is 15.6 Å². The highest BCUT2D eigenvalue weighted by Gasteiger charge is 2.30. The van der Waals surface area contributed by atoms with Crippen LogP contribution in [-0.2, 0) is 65.4 Å². The zero-order chi connectivity index (χ0) is 62.0. The summed E-state index contributed by atoms with van der Waals surface area (Å²) in [6.45, 7) is 7.12. The highest BCUT2D eigenvalue weighted by molar-refractivity contribution is 7.47. The number of rotatable bonds is 65. The fraction of sp³-hybridized carbons (Fsp3) is 0.938. The van der Waals surface area contributed by atoms with Gasteiger partial charge in [0.2, 0.25) is 0 Å². The lowest BCUT2D eigenvalue weighted by atomic mass is 10.0. The lowest BCUT2D eigenvalue weighted by molar-refractivity contribution is -0.161. The predicted octanol–water partition coefficient (Wildman–Crippen LogP) is 18.2. The molecule has 19 heteroatoms. The van der Waals surface area contributed by atoms with E-state index in [4.69, 9.17) is 37.0 Å². The second-order valence-electron chi connectivity index (χ2n) is 24.0. The van der Waals surface area contributed by atoms with Crippen LogP contribution in [0.4, 0.5) is 0 Å². The first kappa shape index (κ1) is 82.1. The molecule has 0 bridgehead atoms. The SMILES string of the molecule is CCCCCCCCCCCCCCCCCCC(=O)O[C@H](COC(=O)CCCCCCCCCC(C)C)COP(=O)(O)OC[C@@H](O)COP(=O)(O)OC[C@@H](COC(=O)CCCCCCCCCCC)OC(=O)CCCCCCCCCCC. The van der Waals surface area contributed by atoms with E-state index in [-0.39, 0.29) is 25.7 Å². The molecule has 0 aromatic heterocycles. The molecule has 0 heterocycles. The van der Waals surface area contributed by atoms with Gasteiger partial charge in [0, 0.05) is 25.7 Å². The summed E-state index contributed by atoms with van der Waals surface area (Å²) in [6, 6.07) is 0. The number of hydrogen-bond donors (Lipinski definition) is 3. The molecule has 2 unspecified atom stereocenters. The third-order valence-electron chi connectivity index (χ3n) is 15.0. The van der Waals surface area contributed by atoms with Crippen molar-refractivity contribution in [2.45, 2.75) is 348 Å². The molecule has 0 aromatic rings. The first-order valence-corrected chi connectivity index (χ1v) is 37.1. The summed E-state index contributed by atoms with van der Waals surface area (Å²) in [5.74, 6) is -1.43. The third kappa shape index (κ3) is 59.0. The van der Waals surface area contributed by atoms with Crippen molar-refractivity contribution < 1.29 is 80.2 Å². The van der Waals surface area contributed by atoms with Gasteiger partial charge in [-0.3, -0.25) is 37.3 Å². The molecule has 0 aliphatic heterocycles. The van der Waals surface area contributed by atoms with Gasteiger partial charge >= 0.3 is 39.5 Å². The summed E-state index contributed by atoms with van der Waals surface area (Å²) in [4.78, 5) is 72.2. The first-order chi connectivity index (χ1) is 40.5. The largest absolute Gasteiger partial charge is 0.472 e. The van der Waals surface area contributed by atoms with Gasteiger partial charge in [0.1, 0.15) is 19.3 Å². The van der Waals surface area contributed by atoms with Crippen LogP contribution in [0.2, 0.25) is 0 Å². The lowest BCUT2D eigenvalue weighted by Crippen LogP contribution is -2.30. The molecule has 84 heavy (non-hydrogen) atoms. The van der Waals surface area contributed by atoms with E-state index in [2.05, 4.69) is 34.6 Å². The topological polar surface area (TPSA) is 237 Å². The number of phosphoric ester groups is 2. The van der Waals surface area contributed by atoms with Crippen LogP contribution < -0.4 is 0 Å². The smallest absolute Gasteiger partial charge is 0.462 e. The minimum atomic E-state index is -4.94. The van der Waals surface area contributed by atoms with Crippen molar-refractivity contribution in [3.05, 3.63) is 0 Å². The van der Waals surface area contributed by atoms with Gasteiger partial charge in [-0.15, -0.1) is 0 Å². The van der Waals surface area contributed by atoms with Gasteiger partial charge in [0.25, 0.3) is 0 Å². The number of aliphatic hydroxyl groups is 1. The number of aliphatic hydroxyl groups excluding tert-OH is 1. The average Bonchev–Trinajstić information content (AvgIpc) is 3.61. The number of phosphoric acid groups is 2. The van der Waals surface area contributed by atoms with Crippen LogP contribution in [0.25, 0.3) is 0 Å². The monoisotopic (exact) mass is 1240 g/mol.